The fourth-order valence-electron chi connectivity index (χ4n) is 5.29. The van der Waals surface area contributed by atoms with Crippen molar-refractivity contribution >= 4 is 33.9 Å². The number of amides is 2. The van der Waals surface area contributed by atoms with Crippen LogP contribution < -0.4 is 16.2 Å². The van der Waals surface area contributed by atoms with Crippen LogP contribution in [0.1, 0.15) is 52.4 Å². The molecular weight excluding hydrogens is 410 g/mol. The molecule has 0 aromatic carbocycles. The van der Waals surface area contributed by atoms with Gasteiger partial charge in [0.25, 0.3) is 5.56 Å². The van der Waals surface area contributed by atoms with Crippen molar-refractivity contribution in [3.63, 3.8) is 0 Å². The summed E-state index contributed by atoms with van der Waals surface area (Å²) < 4.78 is 1.37. The minimum atomic E-state index is -0.376. The summed E-state index contributed by atoms with van der Waals surface area (Å²) in [6, 6.07) is 3.18. The number of nitrogens with one attached hydrogen (secondary N) is 2. The number of carbonyl (C=O) groups excluding carboxylic acids is 2. The quantitative estimate of drug-likeness (QED) is 0.529. The van der Waals surface area contributed by atoms with Gasteiger partial charge in [-0.1, -0.05) is 29.3 Å². The minimum absolute atomic E-state index is 0.0343. The number of anilines is 1. The zero-order valence-electron chi connectivity index (χ0n) is 16.0. The van der Waals surface area contributed by atoms with E-state index in [0.717, 1.165) is 32.1 Å². The van der Waals surface area contributed by atoms with Crippen LogP contribution in [0.2, 0.25) is 0 Å². The van der Waals surface area contributed by atoms with Crippen LogP contribution in [0.5, 0.6) is 0 Å². The molecule has 1 heterocycles. The van der Waals surface area contributed by atoms with Gasteiger partial charge in [0.15, 0.2) is 0 Å². The van der Waals surface area contributed by atoms with Crippen molar-refractivity contribution in [2.24, 2.45) is 11.8 Å². The molecule has 2 amide bonds. The molecule has 7 heteroatoms. The normalized spacial score (nSPS) is 32.6. The molecule has 0 aliphatic heterocycles. The molecule has 4 unspecified atom stereocenters. The van der Waals surface area contributed by atoms with Crippen molar-refractivity contribution < 1.29 is 9.59 Å². The Hall–Kier alpha value is -1.63. The summed E-state index contributed by atoms with van der Waals surface area (Å²) in [5, 5.41) is 5.67. The molecule has 2 aliphatic rings. The van der Waals surface area contributed by atoms with E-state index in [2.05, 4.69) is 40.4 Å². The van der Waals surface area contributed by atoms with E-state index in [1.165, 1.54) is 17.1 Å². The average molecular weight is 438 g/mol. The lowest BCUT2D eigenvalue weighted by Gasteiger charge is -2.53. The van der Waals surface area contributed by atoms with Crippen LogP contribution in [0.3, 0.4) is 0 Å². The van der Waals surface area contributed by atoms with Crippen molar-refractivity contribution in [3.8, 4) is 0 Å². The molecular formula is C20H28BrN3O3. The SMILES string of the molecule is CCC1CC2CC(C)(Br)CC(NC(=O)Cn3cccc(NC=O)c3=O)(C1)C2. The Kier molecular flexibility index (Phi) is 5.79. The molecule has 2 bridgehead atoms. The van der Waals surface area contributed by atoms with E-state index in [0.29, 0.717) is 18.2 Å². The van der Waals surface area contributed by atoms with Gasteiger partial charge in [-0.15, -0.1) is 0 Å². The number of fused-ring (bicyclic) bond motifs is 2. The standard InChI is InChI=1S/C20H28BrN3O3/c1-3-14-7-15-8-19(2,21)12-20(9-14,10-15)23-17(26)11-24-6-4-5-16(18(24)27)22-13-25/h4-6,13-15H,3,7-12H2,1-2H3,(H,22,25)(H,23,26). The van der Waals surface area contributed by atoms with Crippen molar-refractivity contribution in [2.45, 2.75) is 68.8 Å². The molecule has 2 fully saturated rings. The molecule has 148 valence electrons. The number of carbonyl (C=O) groups is 2. The molecule has 2 aliphatic carbocycles. The van der Waals surface area contributed by atoms with Gasteiger partial charge in [-0.25, -0.2) is 0 Å². The first-order valence-corrected chi connectivity index (χ1v) is 10.4. The van der Waals surface area contributed by atoms with E-state index in [1.807, 2.05) is 0 Å². The first-order valence-electron chi connectivity index (χ1n) is 9.65. The minimum Gasteiger partial charge on any atom is -0.349 e. The second kappa shape index (κ2) is 7.78. The number of pyridine rings is 1. The Balaban J connectivity index is 1.77. The molecule has 2 N–H and O–H groups in total. The Morgan fingerprint density at radius 2 is 2.19 bits per heavy atom. The summed E-state index contributed by atoms with van der Waals surface area (Å²) in [5.74, 6) is 1.10. The summed E-state index contributed by atoms with van der Waals surface area (Å²) in [5.41, 5.74) is -0.411. The highest BCUT2D eigenvalue weighted by Gasteiger charge is 2.50. The number of hydrogen-bond donors (Lipinski definition) is 2. The number of rotatable bonds is 6. The van der Waals surface area contributed by atoms with Crippen LogP contribution in [0.15, 0.2) is 23.1 Å². The monoisotopic (exact) mass is 437 g/mol. The van der Waals surface area contributed by atoms with Gasteiger partial charge in [0.05, 0.1) is 0 Å². The van der Waals surface area contributed by atoms with Gasteiger partial charge >= 0.3 is 0 Å². The number of aromatic nitrogens is 1. The van der Waals surface area contributed by atoms with Gasteiger partial charge in [-0.05, 0) is 63.0 Å². The fourth-order valence-corrected chi connectivity index (χ4v) is 6.28. The highest BCUT2D eigenvalue weighted by molar-refractivity contribution is 9.10. The third-order valence-electron chi connectivity index (χ3n) is 5.98. The zero-order valence-corrected chi connectivity index (χ0v) is 17.5. The Bertz CT molecular complexity index is 776. The topological polar surface area (TPSA) is 80.2 Å². The number of alkyl halides is 1. The number of hydrogen-bond acceptors (Lipinski definition) is 3. The van der Waals surface area contributed by atoms with E-state index in [9.17, 15) is 14.4 Å². The Morgan fingerprint density at radius 1 is 1.41 bits per heavy atom. The zero-order chi connectivity index (χ0) is 19.7. The van der Waals surface area contributed by atoms with Crippen molar-refractivity contribution in [3.05, 3.63) is 28.7 Å². The average Bonchev–Trinajstić information content (AvgIpc) is 2.56. The highest BCUT2D eigenvalue weighted by atomic mass is 79.9. The third-order valence-corrected chi connectivity index (χ3v) is 6.58. The first kappa shape index (κ1) is 20.1. The summed E-state index contributed by atoms with van der Waals surface area (Å²) >= 11 is 3.87. The Labute approximate surface area is 168 Å². The van der Waals surface area contributed by atoms with E-state index >= 15 is 0 Å². The maximum atomic E-state index is 12.8. The second-order valence-corrected chi connectivity index (χ2v) is 10.4. The van der Waals surface area contributed by atoms with Crippen LogP contribution in [0.4, 0.5) is 5.69 Å². The molecule has 0 radical (unpaired) electrons. The molecule has 0 saturated heterocycles. The molecule has 27 heavy (non-hydrogen) atoms. The second-order valence-electron chi connectivity index (χ2n) is 8.52. The van der Waals surface area contributed by atoms with E-state index in [4.69, 9.17) is 0 Å². The van der Waals surface area contributed by atoms with E-state index in [1.54, 1.807) is 12.3 Å². The van der Waals surface area contributed by atoms with Crippen LogP contribution in [0.25, 0.3) is 0 Å². The van der Waals surface area contributed by atoms with E-state index in [-0.39, 0.29) is 33.6 Å². The molecule has 3 rings (SSSR count). The van der Waals surface area contributed by atoms with Crippen LogP contribution in [-0.2, 0) is 16.1 Å². The summed E-state index contributed by atoms with van der Waals surface area (Å²) in [4.78, 5) is 35.8. The fraction of sp³-hybridized carbons (Fsp3) is 0.650. The van der Waals surface area contributed by atoms with Crippen molar-refractivity contribution in [1.82, 2.24) is 9.88 Å². The van der Waals surface area contributed by atoms with Gasteiger partial charge in [0, 0.05) is 16.1 Å². The smallest absolute Gasteiger partial charge is 0.274 e. The maximum absolute atomic E-state index is 12.8. The van der Waals surface area contributed by atoms with Gasteiger partial charge in [-0.3, -0.25) is 14.4 Å². The Morgan fingerprint density at radius 3 is 2.89 bits per heavy atom. The predicted octanol–water partition coefficient (Wildman–Crippen LogP) is 3.05. The first-order chi connectivity index (χ1) is 12.8. The van der Waals surface area contributed by atoms with Gasteiger partial charge < -0.3 is 15.2 Å². The molecule has 4 atom stereocenters. The van der Waals surface area contributed by atoms with Gasteiger partial charge in [-0.2, -0.15) is 0 Å². The summed E-state index contributed by atoms with van der Waals surface area (Å²) in [6.07, 6.45) is 8.45. The van der Waals surface area contributed by atoms with Crippen LogP contribution in [-0.4, -0.2) is 26.7 Å². The summed E-state index contributed by atoms with van der Waals surface area (Å²) in [6.45, 7) is 4.39. The van der Waals surface area contributed by atoms with Crippen LogP contribution >= 0.6 is 15.9 Å². The molecule has 2 saturated carbocycles. The van der Waals surface area contributed by atoms with Crippen molar-refractivity contribution in [2.75, 3.05) is 5.32 Å². The lowest BCUT2D eigenvalue weighted by atomic mass is 9.60. The predicted molar refractivity (Wildman–Crippen MR) is 109 cm³/mol. The van der Waals surface area contributed by atoms with Crippen molar-refractivity contribution in [1.29, 1.82) is 0 Å². The lowest BCUT2D eigenvalue weighted by Crippen LogP contribution is -2.59. The maximum Gasteiger partial charge on any atom is 0.274 e. The molecule has 1 aromatic rings. The number of nitrogens with zero attached hydrogens (tertiary/aromatic N) is 1. The molecule has 1 aromatic heterocycles. The van der Waals surface area contributed by atoms with Gasteiger partial charge in [0.2, 0.25) is 12.3 Å². The summed E-state index contributed by atoms with van der Waals surface area (Å²) in [7, 11) is 0. The van der Waals surface area contributed by atoms with Gasteiger partial charge in [0.1, 0.15) is 12.2 Å². The van der Waals surface area contributed by atoms with Crippen LogP contribution in [0, 0.1) is 11.8 Å². The highest BCUT2D eigenvalue weighted by Crippen LogP contribution is 2.52. The molecule has 0 spiro atoms. The van der Waals surface area contributed by atoms with E-state index < -0.39 is 0 Å². The number of halogens is 1. The lowest BCUT2D eigenvalue weighted by molar-refractivity contribution is -0.125. The third kappa shape index (κ3) is 4.62. The largest absolute Gasteiger partial charge is 0.349 e. The molecule has 6 nitrogen and oxygen atoms in total.